The molecule has 0 radical (unpaired) electrons. The first-order chi connectivity index (χ1) is 13.9. The van der Waals surface area contributed by atoms with Gasteiger partial charge in [-0.15, -0.1) is 4.83 Å². The van der Waals surface area contributed by atoms with Gasteiger partial charge in [-0.1, -0.05) is 6.92 Å². The van der Waals surface area contributed by atoms with Crippen LogP contribution < -0.4 is 29.2 Å². The van der Waals surface area contributed by atoms with Crippen molar-refractivity contribution in [2.75, 3.05) is 27.9 Å². The molecule has 0 fully saturated rings. The normalized spacial score (nSPS) is 10.9. The molecule has 9 nitrogen and oxygen atoms in total. The third-order valence-electron chi connectivity index (χ3n) is 3.85. The molecule has 2 N–H and O–H groups in total. The summed E-state index contributed by atoms with van der Waals surface area (Å²) in [6, 6.07) is 8.63. The van der Waals surface area contributed by atoms with Crippen molar-refractivity contribution in [1.82, 2.24) is 10.3 Å². The molecule has 0 aliphatic carbocycles. The van der Waals surface area contributed by atoms with Gasteiger partial charge in [0.15, 0.2) is 23.0 Å². The van der Waals surface area contributed by atoms with Crippen molar-refractivity contribution in [3.05, 3.63) is 42.0 Å². The summed E-state index contributed by atoms with van der Waals surface area (Å²) in [4.78, 5) is 14.3. The van der Waals surface area contributed by atoms with E-state index in [-0.39, 0.29) is 16.2 Å². The summed E-state index contributed by atoms with van der Waals surface area (Å²) in [7, 11) is 0.259. The molecule has 1 amide bonds. The van der Waals surface area contributed by atoms with E-state index in [0.717, 1.165) is 6.42 Å². The van der Waals surface area contributed by atoms with Gasteiger partial charge in [0, 0.05) is 11.6 Å². The van der Waals surface area contributed by atoms with Crippen LogP contribution in [0.5, 0.6) is 23.0 Å². The molecule has 158 valence electrons. The number of carbonyl (C=O) groups excluding carboxylic acids is 1. The molecule has 0 heterocycles. The second-order valence-electron chi connectivity index (χ2n) is 5.79. The Bertz CT molecular complexity index is 961. The highest BCUT2D eigenvalue weighted by molar-refractivity contribution is 7.89. The zero-order valence-electron chi connectivity index (χ0n) is 16.6. The highest BCUT2D eigenvalue weighted by Crippen LogP contribution is 2.30. The summed E-state index contributed by atoms with van der Waals surface area (Å²) in [6.45, 7) is 2.48. The number of ether oxygens (including phenoxy) is 4. The second-order valence-corrected chi connectivity index (χ2v) is 7.47. The van der Waals surface area contributed by atoms with Gasteiger partial charge in [0.1, 0.15) is 0 Å². The van der Waals surface area contributed by atoms with Crippen LogP contribution in [0, 0.1) is 0 Å². The topological polar surface area (TPSA) is 112 Å². The molecule has 0 unspecified atom stereocenters. The number of hydrazine groups is 1. The number of benzene rings is 2. The molecule has 0 saturated carbocycles. The van der Waals surface area contributed by atoms with Gasteiger partial charge in [0.05, 0.1) is 32.8 Å². The first-order valence-corrected chi connectivity index (χ1v) is 10.2. The molecule has 0 spiro atoms. The summed E-state index contributed by atoms with van der Waals surface area (Å²) in [5, 5.41) is 0. The van der Waals surface area contributed by atoms with Gasteiger partial charge in [-0.05, 0) is 36.8 Å². The lowest BCUT2D eigenvalue weighted by Crippen LogP contribution is -2.41. The van der Waals surface area contributed by atoms with Gasteiger partial charge in [-0.3, -0.25) is 10.2 Å². The lowest BCUT2D eigenvalue weighted by atomic mass is 10.2. The highest BCUT2D eigenvalue weighted by atomic mass is 32.2. The van der Waals surface area contributed by atoms with E-state index in [1.165, 1.54) is 51.7 Å². The van der Waals surface area contributed by atoms with Gasteiger partial charge < -0.3 is 18.9 Å². The van der Waals surface area contributed by atoms with Crippen molar-refractivity contribution in [3.8, 4) is 23.0 Å². The van der Waals surface area contributed by atoms with E-state index < -0.39 is 15.9 Å². The van der Waals surface area contributed by atoms with Crippen LogP contribution >= 0.6 is 0 Å². The number of hydrogen-bond donors (Lipinski definition) is 2. The van der Waals surface area contributed by atoms with Crippen LogP contribution in [0.2, 0.25) is 0 Å². The third kappa shape index (κ3) is 5.52. The average Bonchev–Trinajstić information content (AvgIpc) is 2.75. The Morgan fingerprint density at radius 3 is 2.14 bits per heavy atom. The Morgan fingerprint density at radius 2 is 1.52 bits per heavy atom. The van der Waals surface area contributed by atoms with Crippen LogP contribution in [0.15, 0.2) is 41.3 Å². The molecule has 2 aromatic rings. The number of rotatable bonds is 10. The Hall–Kier alpha value is -2.98. The van der Waals surface area contributed by atoms with Crippen molar-refractivity contribution in [2.45, 2.75) is 18.2 Å². The van der Waals surface area contributed by atoms with Crippen molar-refractivity contribution in [2.24, 2.45) is 0 Å². The van der Waals surface area contributed by atoms with Gasteiger partial charge in [0.25, 0.3) is 15.9 Å². The highest BCUT2D eigenvalue weighted by Gasteiger charge is 2.19. The third-order valence-corrected chi connectivity index (χ3v) is 5.10. The van der Waals surface area contributed by atoms with Crippen LogP contribution in [0.4, 0.5) is 0 Å². The standard InChI is InChI=1S/C19H24N2O7S/c1-5-10-28-16-8-6-13(11-17(16)26-3)19(22)20-21-29(23,24)14-7-9-15(25-2)18(12-14)27-4/h6-9,11-12,21H,5,10H2,1-4H3,(H,20,22). The molecule has 29 heavy (non-hydrogen) atoms. The van der Waals surface area contributed by atoms with Crippen molar-refractivity contribution in [3.63, 3.8) is 0 Å². The maximum atomic E-state index is 12.5. The number of amides is 1. The van der Waals surface area contributed by atoms with E-state index in [4.69, 9.17) is 18.9 Å². The number of carbonyl (C=O) groups is 1. The minimum atomic E-state index is -4.03. The van der Waals surface area contributed by atoms with E-state index in [2.05, 4.69) is 10.3 Å². The number of hydrogen-bond acceptors (Lipinski definition) is 7. The van der Waals surface area contributed by atoms with Gasteiger partial charge >= 0.3 is 0 Å². The molecule has 2 aromatic carbocycles. The van der Waals surface area contributed by atoms with E-state index in [0.29, 0.717) is 23.9 Å². The van der Waals surface area contributed by atoms with Crippen molar-refractivity contribution in [1.29, 1.82) is 0 Å². The predicted octanol–water partition coefficient (Wildman–Crippen LogP) is 2.12. The van der Waals surface area contributed by atoms with Crippen LogP contribution in [0.3, 0.4) is 0 Å². The molecule has 0 atom stereocenters. The largest absolute Gasteiger partial charge is 0.493 e. The molecule has 0 aromatic heterocycles. The molecular formula is C19H24N2O7S. The van der Waals surface area contributed by atoms with Crippen molar-refractivity contribution >= 4 is 15.9 Å². The van der Waals surface area contributed by atoms with Crippen LogP contribution in [0.1, 0.15) is 23.7 Å². The number of nitrogens with one attached hydrogen (secondary N) is 2. The fourth-order valence-electron chi connectivity index (χ4n) is 2.37. The molecule has 10 heteroatoms. The van der Waals surface area contributed by atoms with Crippen LogP contribution in [-0.4, -0.2) is 42.3 Å². The fourth-order valence-corrected chi connectivity index (χ4v) is 3.22. The van der Waals surface area contributed by atoms with E-state index in [9.17, 15) is 13.2 Å². The van der Waals surface area contributed by atoms with E-state index >= 15 is 0 Å². The Balaban J connectivity index is 2.13. The molecule has 0 aliphatic heterocycles. The lowest BCUT2D eigenvalue weighted by molar-refractivity contribution is 0.0944. The van der Waals surface area contributed by atoms with Crippen LogP contribution in [0.25, 0.3) is 0 Å². The molecular weight excluding hydrogens is 400 g/mol. The molecule has 0 aliphatic rings. The smallest absolute Gasteiger partial charge is 0.266 e. The van der Waals surface area contributed by atoms with Gasteiger partial charge in [-0.2, -0.15) is 0 Å². The first-order valence-electron chi connectivity index (χ1n) is 8.71. The first kappa shape index (κ1) is 22.3. The van der Waals surface area contributed by atoms with Crippen molar-refractivity contribution < 1.29 is 32.2 Å². The number of methoxy groups -OCH3 is 3. The quantitative estimate of drug-likeness (QED) is 0.562. The average molecular weight is 424 g/mol. The second kappa shape index (κ2) is 9.99. The summed E-state index contributed by atoms with van der Waals surface area (Å²) in [6.07, 6.45) is 0.823. The minimum absolute atomic E-state index is 0.101. The maximum Gasteiger partial charge on any atom is 0.266 e. The maximum absolute atomic E-state index is 12.5. The zero-order chi connectivity index (χ0) is 21.4. The summed E-state index contributed by atoms with van der Waals surface area (Å²) < 4.78 is 45.9. The molecule has 0 saturated heterocycles. The van der Waals surface area contributed by atoms with Crippen LogP contribution in [-0.2, 0) is 10.0 Å². The van der Waals surface area contributed by atoms with Gasteiger partial charge in [-0.25, -0.2) is 8.42 Å². The molecule has 0 bridgehead atoms. The Labute approximate surface area is 169 Å². The predicted molar refractivity (Wildman–Crippen MR) is 106 cm³/mol. The monoisotopic (exact) mass is 424 g/mol. The minimum Gasteiger partial charge on any atom is -0.493 e. The van der Waals surface area contributed by atoms with E-state index in [1.54, 1.807) is 6.07 Å². The Morgan fingerprint density at radius 1 is 0.897 bits per heavy atom. The lowest BCUT2D eigenvalue weighted by Gasteiger charge is -2.13. The zero-order valence-corrected chi connectivity index (χ0v) is 17.5. The summed E-state index contributed by atoms with van der Waals surface area (Å²) in [5.41, 5.74) is 2.37. The fraction of sp³-hybridized carbons (Fsp3) is 0.316. The Kier molecular flexibility index (Phi) is 7.68. The summed E-state index contributed by atoms with van der Waals surface area (Å²) >= 11 is 0. The molecule has 2 rings (SSSR count). The summed E-state index contributed by atoms with van der Waals surface area (Å²) in [5.74, 6) is 0.835. The number of sulfonamides is 1. The SMILES string of the molecule is CCCOc1ccc(C(=O)NNS(=O)(=O)c2ccc(OC)c(OC)c2)cc1OC. The van der Waals surface area contributed by atoms with Gasteiger partial charge in [0.2, 0.25) is 0 Å². The van der Waals surface area contributed by atoms with E-state index in [1.807, 2.05) is 6.92 Å².